The minimum absolute atomic E-state index is 0.169. The Labute approximate surface area is 212 Å². The quantitative estimate of drug-likeness (QED) is 0.444. The van der Waals surface area contributed by atoms with Crippen LogP contribution in [0.25, 0.3) is 0 Å². The summed E-state index contributed by atoms with van der Waals surface area (Å²) in [6.07, 6.45) is 7.22. The van der Waals surface area contributed by atoms with Gasteiger partial charge in [-0.2, -0.15) is 0 Å². The zero-order chi connectivity index (χ0) is 24.6. The highest BCUT2D eigenvalue weighted by Crippen LogP contribution is 2.23. The van der Waals surface area contributed by atoms with Gasteiger partial charge in [-0.15, -0.1) is 0 Å². The van der Waals surface area contributed by atoms with Crippen molar-refractivity contribution in [1.82, 2.24) is 9.80 Å². The molecule has 2 aliphatic heterocycles. The van der Waals surface area contributed by atoms with Gasteiger partial charge in [-0.25, -0.2) is 0 Å². The van der Waals surface area contributed by atoms with E-state index in [-0.39, 0.29) is 5.91 Å². The molecular formula is C30H43N3O2. The van der Waals surface area contributed by atoms with Crippen LogP contribution in [0.3, 0.4) is 0 Å². The van der Waals surface area contributed by atoms with E-state index in [1.54, 1.807) is 0 Å². The number of carbonyl (C=O) groups excluding carboxylic acids is 1. The average molecular weight is 478 g/mol. The third-order valence-electron chi connectivity index (χ3n) is 7.64. The van der Waals surface area contributed by atoms with Gasteiger partial charge in [-0.05, 0) is 87.5 Å². The lowest BCUT2D eigenvalue weighted by Gasteiger charge is -2.36. The first kappa shape index (κ1) is 25.6. The van der Waals surface area contributed by atoms with Crippen molar-refractivity contribution in [2.24, 2.45) is 0 Å². The number of carbonyl (C=O) groups is 1. The number of anilines is 1. The van der Waals surface area contributed by atoms with E-state index >= 15 is 0 Å². The molecule has 2 aromatic rings. The Morgan fingerprint density at radius 1 is 1.00 bits per heavy atom. The fraction of sp³-hybridized carbons (Fsp3) is 0.567. The summed E-state index contributed by atoms with van der Waals surface area (Å²) in [5.41, 5.74) is 4.38. The molecule has 4 rings (SSSR count). The molecule has 2 aromatic carbocycles. The van der Waals surface area contributed by atoms with E-state index in [0.717, 1.165) is 75.5 Å². The van der Waals surface area contributed by atoms with Crippen molar-refractivity contribution < 1.29 is 9.53 Å². The molecule has 190 valence electrons. The first-order chi connectivity index (χ1) is 17.0. The van der Waals surface area contributed by atoms with Gasteiger partial charge in [0.2, 0.25) is 0 Å². The topological polar surface area (TPSA) is 36.0 Å². The van der Waals surface area contributed by atoms with Crippen molar-refractivity contribution in [3.63, 3.8) is 0 Å². The fourth-order valence-electron chi connectivity index (χ4n) is 5.38. The molecule has 1 unspecified atom stereocenters. The maximum absolute atomic E-state index is 13.2. The third kappa shape index (κ3) is 6.78. The SMILES string of the molecule is CCCc1ccc(C)c(C(=O)N2CCN(c3ccc(OCCCN4CCCCC4C)cc3)CC2)c1. The van der Waals surface area contributed by atoms with Gasteiger partial charge < -0.3 is 19.4 Å². The van der Waals surface area contributed by atoms with Crippen molar-refractivity contribution in [3.8, 4) is 5.75 Å². The molecule has 2 saturated heterocycles. The molecule has 1 amide bonds. The standard InChI is InChI=1S/C30H43N3O2/c1-4-8-26-11-10-24(2)29(23-26)30(34)33-20-18-32(19-21-33)27-12-14-28(15-13-27)35-22-7-17-31-16-6-5-9-25(31)3/h10-15,23,25H,4-9,16-22H2,1-3H3. The number of amides is 1. The van der Waals surface area contributed by atoms with Gasteiger partial charge >= 0.3 is 0 Å². The van der Waals surface area contributed by atoms with Crippen LogP contribution in [0.15, 0.2) is 42.5 Å². The van der Waals surface area contributed by atoms with Crippen molar-refractivity contribution in [2.75, 3.05) is 50.8 Å². The van der Waals surface area contributed by atoms with Crippen LogP contribution in [0.4, 0.5) is 5.69 Å². The van der Waals surface area contributed by atoms with Gasteiger partial charge in [-0.3, -0.25) is 4.79 Å². The molecule has 0 radical (unpaired) electrons. The summed E-state index contributed by atoms with van der Waals surface area (Å²) >= 11 is 0. The molecule has 2 aliphatic rings. The fourth-order valence-corrected chi connectivity index (χ4v) is 5.38. The monoisotopic (exact) mass is 477 g/mol. The van der Waals surface area contributed by atoms with E-state index < -0.39 is 0 Å². The molecule has 2 heterocycles. The van der Waals surface area contributed by atoms with E-state index in [4.69, 9.17) is 4.74 Å². The lowest BCUT2D eigenvalue weighted by molar-refractivity contribution is 0.0746. The molecule has 5 heteroatoms. The molecule has 0 bridgehead atoms. The molecule has 35 heavy (non-hydrogen) atoms. The zero-order valence-corrected chi connectivity index (χ0v) is 22.0. The second-order valence-corrected chi connectivity index (χ2v) is 10.3. The van der Waals surface area contributed by atoms with Crippen LogP contribution in [-0.2, 0) is 6.42 Å². The predicted molar refractivity (Wildman–Crippen MR) is 145 cm³/mol. The number of piperazine rings is 1. The summed E-state index contributed by atoms with van der Waals surface area (Å²) in [7, 11) is 0. The summed E-state index contributed by atoms with van der Waals surface area (Å²) in [4.78, 5) is 20.2. The summed E-state index contributed by atoms with van der Waals surface area (Å²) in [5, 5.41) is 0. The minimum Gasteiger partial charge on any atom is -0.494 e. The number of aryl methyl sites for hydroxylation is 2. The van der Waals surface area contributed by atoms with Crippen molar-refractivity contribution in [2.45, 2.75) is 65.3 Å². The number of piperidine rings is 1. The molecule has 0 spiro atoms. The lowest BCUT2D eigenvalue weighted by atomic mass is 10.0. The average Bonchev–Trinajstić information content (AvgIpc) is 2.89. The highest BCUT2D eigenvalue weighted by atomic mass is 16.5. The summed E-state index contributed by atoms with van der Waals surface area (Å²) < 4.78 is 6.01. The Morgan fingerprint density at radius 3 is 2.49 bits per heavy atom. The molecule has 2 fully saturated rings. The van der Waals surface area contributed by atoms with Gasteiger partial charge in [-0.1, -0.05) is 31.9 Å². The van der Waals surface area contributed by atoms with Crippen LogP contribution in [0.5, 0.6) is 5.75 Å². The highest BCUT2D eigenvalue weighted by Gasteiger charge is 2.23. The minimum atomic E-state index is 0.169. The molecule has 0 aliphatic carbocycles. The third-order valence-corrected chi connectivity index (χ3v) is 7.64. The van der Waals surface area contributed by atoms with Gasteiger partial charge in [0.1, 0.15) is 5.75 Å². The number of benzene rings is 2. The van der Waals surface area contributed by atoms with Crippen molar-refractivity contribution in [1.29, 1.82) is 0 Å². The number of hydrogen-bond acceptors (Lipinski definition) is 4. The van der Waals surface area contributed by atoms with E-state index in [1.807, 2.05) is 11.8 Å². The summed E-state index contributed by atoms with van der Waals surface area (Å²) in [6, 6.07) is 15.5. The lowest BCUT2D eigenvalue weighted by Crippen LogP contribution is -2.49. The molecule has 0 saturated carbocycles. The van der Waals surface area contributed by atoms with Crippen molar-refractivity contribution in [3.05, 3.63) is 59.2 Å². The van der Waals surface area contributed by atoms with Crippen LogP contribution in [0, 0.1) is 6.92 Å². The van der Waals surface area contributed by atoms with E-state index in [0.29, 0.717) is 6.04 Å². The Kier molecular flexibility index (Phi) is 9.08. The Bertz CT molecular complexity index is 951. The first-order valence-corrected chi connectivity index (χ1v) is 13.7. The molecule has 1 atom stereocenters. The first-order valence-electron chi connectivity index (χ1n) is 13.7. The van der Waals surface area contributed by atoms with E-state index in [9.17, 15) is 4.79 Å². The van der Waals surface area contributed by atoms with Crippen LogP contribution in [-0.4, -0.2) is 67.6 Å². The van der Waals surface area contributed by atoms with E-state index in [2.05, 4.69) is 66.1 Å². The second kappa shape index (κ2) is 12.4. The van der Waals surface area contributed by atoms with Crippen molar-refractivity contribution >= 4 is 11.6 Å². The Morgan fingerprint density at radius 2 is 1.77 bits per heavy atom. The molecule has 5 nitrogen and oxygen atoms in total. The normalized spacial score (nSPS) is 19.1. The number of hydrogen-bond donors (Lipinski definition) is 0. The maximum atomic E-state index is 13.2. The summed E-state index contributed by atoms with van der Waals surface area (Å²) in [6.45, 7) is 12.9. The Hall–Kier alpha value is -2.53. The summed E-state index contributed by atoms with van der Waals surface area (Å²) in [5.74, 6) is 1.11. The number of ether oxygens (including phenoxy) is 1. The smallest absolute Gasteiger partial charge is 0.254 e. The van der Waals surface area contributed by atoms with E-state index in [1.165, 1.54) is 37.1 Å². The number of likely N-dealkylation sites (tertiary alicyclic amines) is 1. The zero-order valence-electron chi connectivity index (χ0n) is 22.0. The van der Waals surface area contributed by atoms with Crippen LogP contribution >= 0.6 is 0 Å². The van der Waals surface area contributed by atoms with Gasteiger partial charge in [0, 0.05) is 50.0 Å². The number of rotatable bonds is 9. The van der Waals surface area contributed by atoms with Crippen LogP contribution in [0.1, 0.15) is 67.4 Å². The molecule has 0 aromatic heterocycles. The van der Waals surface area contributed by atoms with Gasteiger partial charge in [0.15, 0.2) is 0 Å². The second-order valence-electron chi connectivity index (χ2n) is 10.3. The van der Waals surface area contributed by atoms with Gasteiger partial charge in [0.25, 0.3) is 5.91 Å². The highest BCUT2D eigenvalue weighted by molar-refractivity contribution is 5.96. The van der Waals surface area contributed by atoms with Gasteiger partial charge in [0.05, 0.1) is 6.61 Å². The maximum Gasteiger partial charge on any atom is 0.254 e. The molecular weight excluding hydrogens is 434 g/mol. The largest absolute Gasteiger partial charge is 0.494 e. The Balaban J connectivity index is 1.23. The van der Waals surface area contributed by atoms with Crippen LogP contribution < -0.4 is 9.64 Å². The van der Waals surface area contributed by atoms with Crippen LogP contribution in [0.2, 0.25) is 0 Å². The predicted octanol–water partition coefficient (Wildman–Crippen LogP) is 5.55. The number of nitrogens with zero attached hydrogens (tertiary/aromatic N) is 3. The molecule has 0 N–H and O–H groups in total.